The number of aryl methyl sites for hydroxylation is 1. The average molecular weight is 336 g/mol. The molecule has 0 aromatic heterocycles. The molecule has 24 heavy (non-hydrogen) atoms. The van der Waals surface area contributed by atoms with Gasteiger partial charge in [-0.15, -0.1) is 0 Å². The topological polar surface area (TPSA) is 46.5 Å². The lowest BCUT2D eigenvalue weighted by Crippen LogP contribution is -2.04. The minimum atomic E-state index is -4.43. The van der Waals surface area contributed by atoms with Crippen LogP contribution in [0.4, 0.5) is 13.2 Å². The molecule has 0 radical (unpaired) electrons. The Morgan fingerprint density at radius 2 is 1.75 bits per heavy atom. The summed E-state index contributed by atoms with van der Waals surface area (Å²) >= 11 is 0. The van der Waals surface area contributed by atoms with Gasteiger partial charge in [0.1, 0.15) is 5.75 Å². The van der Waals surface area contributed by atoms with Gasteiger partial charge in [0.15, 0.2) is 0 Å². The fourth-order valence-electron chi connectivity index (χ4n) is 2.26. The van der Waals surface area contributed by atoms with Crippen LogP contribution in [0.2, 0.25) is 0 Å². The fourth-order valence-corrected chi connectivity index (χ4v) is 2.26. The van der Waals surface area contributed by atoms with E-state index < -0.39 is 17.7 Å². The number of ether oxygens (including phenoxy) is 1. The van der Waals surface area contributed by atoms with Gasteiger partial charge in [0.05, 0.1) is 18.2 Å². The summed E-state index contributed by atoms with van der Waals surface area (Å²) in [5, 5.41) is 9.44. The molecular weight excluding hydrogens is 321 g/mol. The summed E-state index contributed by atoms with van der Waals surface area (Å²) in [6, 6.07) is 9.26. The molecule has 0 atom stereocenters. The quantitative estimate of drug-likeness (QED) is 0.653. The van der Waals surface area contributed by atoms with Crippen molar-refractivity contribution in [2.45, 2.75) is 13.1 Å². The smallest absolute Gasteiger partial charge is 0.416 e. The highest BCUT2D eigenvalue weighted by Crippen LogP contribution is 2.30. The van der Waals surface area contributed by atoms with E-state index in [2.05, 4.69) is 0 Å². The Morgan fingerprint density at radius 3 is 2.21 bits per heavy atom. The molecular formula is C18H15F3O3. The molecule has 0 unspecified atom stereocenters. The number of hydrogen-bond acceptors (Lipinski definition) is 2. The molecule has 2 rings (SSSR count). The van der Waals surface area contributed by atoms with Crippen LogP contribution in [0.3, 0.4) is 0 Å². The normalized spacial score (nSPS) is 12.1. The molecule has 6 heteroatoms. The highest BCUT2D eigenvalue weighted by Gasteiger charge is 2.29. The maximum Gasteiger partial charge on any atom is 0.416 e. The lowest BCUT2D eigenvalue weighted by Gasteiger charge is -2.10. The van der Waals surface area contributed by atoms with Crippen LogP contribution in [0.1, 0.15) is 22.3 Å². The van der Waals surface area contributed by atoms with E-state index in [4.69, 9.17) is 4.74 Å². The Kier molecular flexibility index (Phi) is 4.97. The predicted octanol–water partition coefficient (Wildman–Crippen LogP) is 4.65. The van der Waals surface area contributed by atoms with Crippen LogP contribution in [0, 0.1) is 6.92 Å². The van der Waals surface area contributed by atoms with Gasteiger partial charge >= 0.3 is 12.1 Å². The first-order chi connectivity index (χ1) is 11.2. The second-order valence-electron chi connectivity index (χ2n) is 5.16. The molecule has 126 valence electrons. The fraction of sp³-hybridized carbons (Fsp3) is 0.167. The third-order valence-electron chi connectivity index (χ3n) is 3.50. The second-order valence-corrected chi connectivity index (χ2v) is 5.16. The van der Waals surface area contributed by atoms with Crippen LogP contribution in [0.15, 0.2) is 42.5 Å². The maximum absolute atomic E-state index is 12.6. The predicted molar refractivity (Wildman–Crippen MR) is 84.7 cm³/mol. The Labute approximate surface area is 137 Å². The van der Waals surface area contributed by atoms with Crippen molar-refractivity contribution in [2.24, 2.45) is 0 Å². The van der Waals surface area contributed by atoms with Gasteiger partial charge in [-0.25, -0.2) is 4.79 Å². The highest BCUT2D eigenvalue weighted by atomic mass is 19.4. The Balaban J connectivity index is 2.44. The van der Waals surface area contributed by atoms with E-state index in [0.29, 0.717) is 22.4 Å². The number of carboxylic acids is 1. The average Bonchev–Trinajstić information content (AvgIpc) is 2.52. The number of benzene rings is 2. The van der Waals surface area contributed by atoms with E-state index in [-0.39, 0.29) is 5.57 Å². The van der Waals surface area contributed by atoms with E-state index >= 15 is 0 Å². The summed E-state index contributed by atoms with van der Waals surface area (Å²) in [7, 11) is 1.50. The lowest BCUT2D eigenvalue weighted by atomic mass is 9.98. The van der Waals surface area contributed by atoms with Gasteiger partial charge in [-0.3, -0.25) is 0 Å². The number of carbonyl (C=O) groups is 1. The minimum absolute atomic E-state index is 0.00471. The van der Waals surface area contributed by atoms with E-state index in [1.165, 1.54) is 25.3 Å². The molecule has 0 spiro atoms. The summed E-state index contributed by atoms with van der Waals surface area (Å²) in [5.41, 5.74) is 0.751. The van der Waals surface area contributed by atoms with Crippen LogP contribution < -0.4 is 4.74 Å². The zero-order valence-corrected chi connectivity index (χ0v) is 13.0. The third-order valence-corrected chi connectivity index (χ3v) is 3.50. The third kappa shape index (κ3) is 3.95. The van der Waals surface area contributed by atoms with Gasteiger partial charge in [0, 0.05) is 0 Å². The van der Waals surface area contributed by atoms with E-state index in [9.17, 15) is 23.1 Å². The van der Waals surface area contributed by atoms with Crippen molar-refractivity contribution in [3.05, 3.63) is 64.7 Å². The van der Waals surface area contributed by atoms with Crippen LogP contribution >= 0.6 is 0 Å². The number of halogens is 3. The molecule has 0 saturated carbocycles. The van der Waals surface area contributed by atoms with E-state index in [0.717, 1.165) is 12.1 Å². The number of methoxy groups -OCH3 is 1. The Hall–Kier alpha value is -2.76. The van der Waals surface area contributed by atoms with Gasteiger partial charge in [0.25, 0.3) is 0 Å². The van der Waals surface area contributed by atoms with Crippen LogP contribution in [-0.2, 0) is 11.0 Å². The molecule has 1 N–H and O–H groups in total. The number of rotatable bonds is 4. The monoisotopic (exact) mass is 336 g/mol. The molecule has 2 aromatic rings. The summed E-state index contributed by atoms with van der Waals surface area (Å²) in [5.74, 6) is -0.571. The molecule has 3 nitrogen and oxygen atoms in total. The summed E-state index contributed by atoms with van der Waals surface area (Å²) in [6.45, 7) is 1.74. The lowest BCUT2D eigenvalue weighted by molar-refractivity contribution is -0.137. The Morgan fingerprint density at radius 1 is 1.12 bits per heavy atom. The van der Waals surface area contributed by atoms with E-state index in [1.807, 2.05) is 0 Å². The van der Waals surface area contributed by atoms with Crippen LogP contribution in [0.5, 0.6) is 5.75 Å². The van der Waals surface area contributed by atoms with Crippen molar-refractivity contribution in [1.29, 1.82) is 0 Å². The SMILES string of the molecule is COc1ccc(/C(=C/c2ccc(C(F)(F)F)cc2)C(=O)O)c(C)c1. The second kappa shape index (κ2) is 6.78. The zero-order valence-electron chi connectivity index (χ0n) is 13.0. The first-order valence-corrected chi connectivity index (χ1v) is 6.99. The molecule has 0 bridgehead atoms. The number of alkyl halides is 3. The number of aliphatic carboxylic acids is 1. The van der Waals surface area contributed by atoms with Gasteiger partial charge in [-0.2, -0.15) is 13.2 Å². The van der Waals surface area contributed by atoms with E-state index in [1.54, 1.807) is 25.1 Å². The number of carboxylic acid groups (broad SMARTS) is 1. The molecule has 0 aliphatic rings. The van der Waals surface area contributed by atoms with Crippen molar-refractivity contribution >= 4 is 17.6 Å². The first-order valence-electron chi connectivity index (χ1n) is 6.99. The van der Waals surface area contributed by atoms with Crippen molar-refractivity contribution in [3.63, 3.8) is 0 Å². The first kappa shape index (κ1) is 17.6. The van der Waals surface area contributed by atoms with Gasteiger partial charge < -0.3 is 9.84 Å². The van der Waals surface area contributed by atoms with Crippen molar-refractivity contribution < 1.29 is 27.8 Å². The summed E-state index contributed by atoms with van der Waals surface area (Å²) < 4.78 is 42.8. The van der Waals surface area contributed by atoms with Gasteiger partial charge in [0.2, 0.25) is 0 Å². The van der Waals surface area contributed by atoms with Gasteiger partial charge in [-0.05, 0) is 54.0 Å². The molecule has 0 aliphatic carbocycles. The van der Waals surface area contributed by atoms with Crippen molar-refractivity contribution in [2.75, 3.05) is 7.11 Å². The number of hydrogen-bond donors (Lipinski definition) is 1. The van der Waals surface area contributed by atoms with Crippen LogP contribution in [0.25, 0.3) is 11.6 Å². The summed E-state index contributed by atoms with van der Waals surface area (Å²) in [4.78, 5) is 11.6. The van der Waals surface area contributed by atoms with Crippen molar-refractivity contribution in [3.8, 4) is 5.75 Å². The summed E-state index contributed by atoms with van der Waals surface area (Å²) in [6.07, 6.45) is -3.08. The molecule has 0 aliphatic heterocycles. The highest BCUT2D eigenvalue weighted by molar-refractivity contribution is 6.21. The minimum Gasteiger partial charge on any atom is -0.497 e. The molecule has 0 saturated heterocycles. The van der Waals surface area contributed by atoms with Gasteiger partial charge in [-0.1, -0.05) is 18.2 Å². The van der Waals surface area contributed by atoms with Crippen molar-refractivity contribution in [1.82, 2.24) is 0 Å². The molecule has 0 heterocycles. The van der Waals surface area contributed by atoms with Crippen LogP contribution in [-0.4, -0.2) is 18.2 Å². The molecule has 0 amide bonds. The molecule has 2 aromatic carbocycles. The standard InChI is InChI=1S/C18H15F3O3/c1-11-9-14(24-2)7-8-15(11)16(17(22)23)10-12-3-5-13(6-4-12)18(19,20)21/h3-10H,1-2H3,(H,22,23)/b16-10-. The molecule has 0 fully saturated rings. The largest absolute Gasteiger partial charge is 0.497 e. The zero-order chi connectivity index (χ0) is 17.9. The Bertz CT molecular complexity index is 775. The maximum atomic E-state index is 12.6.